The number of carbonyl (C=O) groups excluding carboxylic acids is 1. The molecular weight excluding hydrogens is 267 g/mol. The van der Waals surface area contributed by atoms with E-state index < -0.39 is 5.91 Å². The number of nitrogens with zero attached hydrogens (tertiary/aromatic N) is 1. The molecule has 0 saturated heterocycles. The zero-order valence-electron chi connectivity index (χ0n) is 11.6. The number of hydrogen-bond donors (Lipinski definition) is 1. The summed E-state index contributed by atoms with van der Waals surface area (Å²) < 4.78 is 15.0. The number of primary amides is 1. The van der Waals surface area contributed by atoms with Crippen molar-refractivity contribution in [2.24, 2.45) is 5.73 Å². The van der Waals surface area contributed by atoms with E-state index in [0.29, 0.717) is 12.1 Å². The summed E-state index contributed by atoms with van der Waals surface area (Å²) in [6, 6.07) is 14.0. The molecule has 21 heavy (non-hydrogen) atoms. The van der Waals surface area contributed by atoms with Gasteiger partial charge in [0.05, 0.1) is 5.56 Å². The molecule has 3 aromatic rings. The van der Waals surface area contributed by atoms with Crippen molar-refractivity contribution < 1.29 is 9.18 Å². The van der Waals surface area contributed by atoms with Gasteiger partial charge in [0.25, 0.3) is 5.91 Å². The van der Waals surface area contributed by atoms with Crippen LogP contribution in [0.4, 0.5) is 4.39 Å². The number of fused-ring (bicyclic) bond motifs is 1. The zero-order chi connectivity index (χ0) is 15.0. The zero-order valence-corrected chi connectivity index (χ0v) is 11.6. The Morgan fingerprint density at radius 1 is 1.14 bits per heavy atom. The number of rotatable bonds is 3. The molecule has 0 aliphatic rings. The SMILES string of the molecule is Cc1c(C(N)=O)c2ccccc2n1Cc1ccc(F)cc1. The van der Waals surface area contributed by atoms with E-state index in [2.05, 4.69) is 0 Å². The Labute approximate surface area is 121 Å². The van der Waals surface area contributed by atoms with Gasteiger partial charge in [0.15, 0.2) is 0 Å². The molecule has 1 aromatic heterocycles. The Hall–Kier alpha value is -2.62. The molecular formula is C17H15FN2O. The number of halogens is 1. The predicted octanol–water partition coefficient (Wildman–Crippen LogP) is 3.24. The molecule has 0 spiro atoms. The van der Waals surface area contributed by atoms with E-state index in [1.807, 2.05) is 35.8 Å². The van der Waals surface area contributed by atoms with Crippen molar-refractivity contribution in [3.8, 4) is 0 Å². The van der Waals surface area contributed by atoms with Crippen LogP contribution < -0.4 is 5.73 Å². The number of benzene rings is 2. The number of nitrogens with two attached hydrogens (primary N) is 1. The van der Waals surface area contributed by atoms with Gasteiger partial charge in [0, 0.05) is 23.1 Å². The Kier molecular flexibility index (Phi) is 3.22. The lowest BCUT2D eigenvalue weighted by Gasteiger charge is -2.08. The quantitative estimate of drug-likeness (QED) is 0.787. The number of aromatic nitrogens is 1. The molecule has 3 nitrogen and oxygen atoms in total. The molecule has 2 N–H and O–H groups in total. The summed E-state index contributed by atoms with van der Waals surface area (Å²) in [5.41, 5.74) is 8.80. The van der Waals surface area contributed by atoms with Crippen LogP contribution in [0.1, 0.15) is 21.6 Å². The first-order chi connectivity index (χ1) is 10.1. The maximum absolute atomic E-state index is 13.0. The topological polar surface area (TPSA) is 48.0 Å². The van der Waals surface area contributed by atoms with Gasteiger partial charge in [-0.1, -0.05) is 30.3 Å². The van der Waals surface area contributed by atoms with Gasteiger partial charge in [0.2, 0.25) is 0 Å². The third-order valence-corrected chi connectivity index (χ3v) is 3.73. The third-order valence-electron chi connectivity index (χ3n) is 3.73. The first-order valence-corrected chi connectivity index (χ1v) is 6.70. The molecule has 0 aliphatic carbocycles. The fourth-order valence-electron chi connectivity index (χ4n) is 2.72. The van der Waals surface area contributed by atoms with Crippen molar-refractivity contribution in [3.63, 3.8) is 0 Å². The molecule has 3 rings (SSSR count). The first-order valence-electron chi connectivity index (χ1n) is 6.70. The Morgan fingerprint density at radius 3 is 2.48 bits per heavy atom. The average molecular weight is 282 g/mol. The Bertz CT molecular complexity index is 819. The fourth-order valence-corrected chi connectivity index (χ4v) is 2.72. The molecule has 0 fully saturated rings. The molecule has 0 unspecified atom stereocenters. The lowest BCUT2D eigenvalue weighted by Crippen LogP contribution is -2.13. The van der Waals surface area contributed by atoms with E-state index in [0.717, 1.165) is 22.2 Å². The van der Waals surface area contributed by atoms with Gasteiger partial charge in [-0.15, -0.1) is 0 Å². The number of carbonyl (C=O) groups is 1. The van der Waals surface area contributed by atoms with Crippen molar-refractivity contribution in [2.75, 3.05) is 0 Å². The molecule has 1 heterocycles. The van der Waals surface area contributed by atoms with Crippen LogP contribution in [-0.4, -0.2) is 10.5 Å². The van der Waals surface area contributed by atoms with Crippen molar-refractivity contribution in [2.45, 2.75) is 13.5 Å². The lowest BCUT2D eigenvalue weighted by molar-refractivity contribution is 0.100. The molecule has 0 aliphatic heterocycles. The highest BCUT2D eigenvalue weighted by molar-refractivity contribution is 6.07. The van der Waals surface area contributed by atoms with Gasteiger partial charge in [-0.05, 0) is 30.7 Å². The van der Waals surface area contributed by atoms with E-state index in [1.165, 1.54) is 12.1 Å². The maximum atomic E-state index is 13.0. The van der Waals surface area contributed by atoms with Crippen LogP contribution in [0, 0.1) is 12.7 Å². The van der Waals surface area contributed by atoms with E-state index in [9.17, 15) is 9.18 Å². The highest BCUT2D eigenvalue weighted by Crippen LogP contribution is 2.26. The summed E-state index contributed by atoms with van der Waals surface area (Å²) >= 11 is 0. The molecule has 0 saturated carbocycles. The molecule has 0 bridgehead atoms. The van der Waals surface area contributed by atoms with Gasteiger partial charge in [-0.2, -0.15) is 0 Å². The van der Waals surface area contributed by atoms with Crippen molar-refractivity contribution in [1.29, 1.82) is 0 Å². The molecule has 4 heteroatoms. The minimum atomic E-state index is -0.429. The van der Waals surface area contributed by atoms with Crippen molar-refractivity contribution in [1.82, 2.24) is 4.57 Å². The Morgan fingerprint density at radius 2 is 1.81 bits per heavy atom. The largest absolute Gasteiger partial charge is 0.366 e. The molecule has 0 radical (unpaired) electrons. The van der Waals surface area contributed by atoms with Gasteiger partial charge in [-0.25, -0.2) is 4.39 Å². The first kappa shape index (κ1) is 13.4. The van der Waals surface area contributed by atoms with E-state index in [-0.39, 0.29) is 5.82 Å². The third kappa shape index (κ3) is 2.29. The summed E-state index contributed by atoms with van der Waals surface area (Å²) in [5, 5.41) is 0.851. The van der Waals surface area contributed by atoms with Gasteiger partial charge in [0.1, 0.15) is 5.82 Å². The summed E-state index contributed by atoms with van der Waals surface area (Å²) in [6.45, 7) is 2.45. The van der Waals surface area contributed by atoms with E-state index in [1.54, 1.807) is 12.1 Å². The minimum absolute atomic E-state index is 0.259. The van der Waals surface area contributed by atoms with Crippen LogP contribution in [-0.2, 0) is 6.54 Å². The summed E-state index contributed by atoms with van der Waals surface area (Å²) in [7, 11) is 0. The lowest BCUT2D eigenvalue weighted by atomic mass is 10.1. The second kappa shape index (κ2) is 5.05. The predicted molar refractivity (Wildman–Crippen MR) is 80.7 cm³/mol. The molecule has 1 amide bonds. The fraction of sp³-hybridized carbons (Fsp3) is 0.118. The van der Waals surface area contributed by atoms with Gasteiger partial charge in [-0.3, -0.25) is 4.79 Å². The second-order valence-electron chi connectivity index (χ2n) is 5.05. The second-order valence-corrected chi connectivity index (χ2v) is 5.05. The number of hydrogen-bond acceptors (Lipinski definition) is 1. The molecule has 2 aromatic carbocycles. The maximum Gasteiger partial charge on any atom is 0.251 e. The number of para-hydroxylation sites is 1. The van der Waals surface area contributed by atoms with Crippen LogP contribution in [0.3, 0.4) is 0 Å². The van der Waals surface area contributed by atoms with Crippen LogP contribution in [0.25, 0.3) is 10.9 Å². The minimum Gasteiger partial charge on any atom is -0.366 e. The van der Waals surface area contributed by atoms with Crippen molar-refractivity contribution in [3.05, 3.63) is 71.2 Å². The van der Waals surface area contributed by atoms with Gasteiger partial charge >= 0.3 is 0 Å². The molecule has 106 valence electrons. The smallest absolute Gasteiger partial charge is 0.251 e. The summed E-state index contributed by atoms with van der Waals surface area (Å²) in [4.78, 5) is 11.7. The van der Waals surface area contributed by atoms with Gasteiger partial charge < -0.3 is 10.3 Å². The van der Waals surface area contributed by atoms with Crippen LogP contribution in [0.2, 0.25) is 0 Å². The highest BCUT2D eigenvalue weighted by atomic mass is 19.1. The van der Waals surface area contributed by atoms with Crippen LogP contribution in [0.5, 0.6) is 0 Å². The monoisotopic (exact) mass is 282 g/mol. The van der Waals surface area contributed by atoms with Crippen molar-refractivity contribution >= 4 is 16.8 Å². The van der Waals surface area contributed by atoms with Crippen LogP contribution in [0.15, 0.2) is 48.5 Å². The summed E-state index contributed by atoms with van der Waals surface area (Å²) in [6.07, 6.45) is 0. The summed E-state index contributed by atoms with van der Waals surface area (Å²) in [5.74, 6) is -0.688. The van der Waals surface area contributed by atoms with E-state index in [4.69, 9.17) is 5.73 Å². The van der Waals surface area contributed by atoms with Crippen LogP contribution >= 0.6 is 0 Å². The standard InChI is InChI=1S/C17H15FN2O/c1-11-16(17(19)21)14-4-2-3-5-15(14)20(11)10-12-6-8-13(18)9-7-12/h2-9H,10H2,1H3,(H2,19,21). The van der Waals surface area contributed by atoms with E-state index >= 15 is 0 Å². The molecule has 0 atom stereocenters. The average Bonchev–Trinajstić information content (AvgIpc) is 2.74. The highest BCUT2D eigenvalue weighted by Gasteiger charge is 2.17. The normalized spacial score (nSPS) is 11.0. The number of amides is 1. The Balaban J connectivity index is 2.16.